The third kappa shape index (κ3) is 3.20. The van der Waals surface area contributed by atoms with Crippen LogP contribution in [0.25, 0.3) is 0 Å². The van der Waals surface area contributed by atoms with Crippen molar-refractivity contribution < 1.29 is 0 Å². The van der Waals surface area contributed by atoms with Gasteiger partial charge in [-0.2, -0.15) is 5.10 Å². The molecule has 0 amide bonds. The van der Waals surface area contributed by atoms with E-state index in [4.69, 9.17) is 0 Å². The molecule has 0 aliphatic carbocycles. The van der Waals surface area contributed by atoms with Crippen molar-refractivity contribution in [1.82, 2.24) is 20.0 Å². The summed E-state index contributed by atoms with van der Waals surface area (Å²) in [5, 5.41) is 8.36. The van der Waals surface area contributed by atoms with Crippen LogP contribution >= 0.6 is 15.9 Å². The summed E-state index contributed by atoms with van der Waals surface area (Å²) in [4.78, 5) is 2.69. The lowest BCUT2D eigenvalue weighted by atomic mass is 9.94. The van der Waals surface area contributed by atoms with Gasteiger partial charge < -0.3 is 5.32 Å². The number of aromatic nitrogens is 2. The summed E-state index contributed by atoms with van der Waals surface area (Å²) < 4.78 is 3.36. The molecule has 4 nitrogen and oxygen atoms in total. The van der Waals surface area contributed by atoms with Gasteiger partial charge >= 0.3 is 0 Å². The molecule has 21 heavy (non-hydrogen) atoms. The Morgan fingerprint density at radius 2 is 2.14 bits per heavy atom. The van der Waals surface area contributed by atoms with E-state index in [2.05, 4.69) is 49.8 Å². The van der Waals surface area contributed by atoms with Crippen molar-refractivity contribution in [1.29, 1.82) is 0 Å². The number of nitrogens with zero attached hydrogens (tertiary/aromatic N) is 3. The van der Waals surface area contributed by atoms with E-state index in [-0.39, 0.29) is 0 Å². The van der Waals surface area contributed by atoms with Crippen molar-refractivity contribution in [3.8, 4) is 0 Å². The first-order valence-electron chi connectivity index (χ1n) is 8.40. The van der Waals surface area contributed by atoms with Crippen molar-refractivity contribution >= 4 is 15.9 Å². The van der Waals surface area contributed by atoms with Crippen molar-refractivity contribution in [2.24, 2.45) is 0 Å². The zero-order valence-electron chi connectivity index (χ0n) is 13.2. The summed E-state index contributed by atoms with van der Waals surface area (Å²) in [6.45, 7) is 8.66. The van der Waals surface area contributed by atoms with Gasteiger partial charge in [0.15, 0.2) is 0 Å². The fourth-order valence-electron chi connectivity index (χ4n) is 3.92. The normalized spacial score (nSPS) is 27.4. The molecule has 3 heterocycles. The number of likely N-dealkylation sites (tertiary alicyclic amines) is 1. The Morgan fingerprint density at radius 3 is 2.86 bits per heavy atom. The molecule has 1 aromatic heterocycles. The molecule has 0 radical (unpaired) electrons. The fourth-order valence-corrected chi connectivity index (χ4v) is 4.33. The van der Waals surface area contributed by atoms with Gasteiger partial charge in [0.1, 0.15) is 0 Å². The molecule has 2 aliphatic rings. The molecule has 5 heteroatoms. The zero-order chi connectivity index (χ0) is 14.8. The Hall–Kier alpha value is -0.390. The summed E-state index contributed by atoms with van der Waals surface area (Å²) in [5.41, 5.74) is 2.46. The fraction of sp³-hybridized carbons (Fsp3) is 0.812. The summed E-state index contributed by atoms with van der Waals surface area (Å²) in [6, 6.07) is 1.40. The van der Waals surface area contributed by atoms with Gasteiger partial charge in [-0.1, -0.05) is 6.42 Å². The lowest BCUT2D eigenvalue weighted by Crippen LogP contribution is -2.49. The Labute approximate surface area is 136 Å². The van der Waals surface area contributed by atoms with Crippen LogP contribution < -0.4 is 5.32 Å². The molecule has 0 aromatic carbocycles. The van der Waals surface area contributed by atoms with Crippen LogP contribution in [-0.4, -0.2) is 39.9 Å². The molecule has 2 atom stereocenters. The maximum absolute atomic E-state index is 4.64. The maximum Gasteiger partial charge on any atom is 0.0739 e. The van der Waals surface area contributed by atoms with Crippen molar-refractivity contribution in [2.75, 3.05) is 13.1 Å². The molecule has 2 unspecified atom stereocenters. The second-order valence-electron chi connectivity index (χ2n) is 6.40. The lowest BCUT2D eigenvalue weighted by molar-refractivity contribution is 0.109. The standard InChI is InChI=1S/C16H27BrN4/c1-3-21-15(16(17)12(2)19-21)11-20-10-5-4-8-14(20)13-7-6-9-18-13/h13-14,18H,3-11H2,1-2H3. The predicted octanol–water partition coefficient (Wildman–Crippen LogP) is 3.08. The Morgan fingerprint density at radius 1 is 1.29 bits per heavy atom. The van der Waals surface area contributed by atoms with Gasteiger partial charge in [0, 0.05) is 25.2 Å². The lowest BCUT2D eigenvalue weighted by Gasteiger charge is -2.39. The minimum Gasteiger partial charge on any atom is -0.312 e. The molecule has 2 saturated heterocycles. The van der Waals surface area contributed by atoms with Crippen molar-refractivity contribution in [3.63, 3.8) is 0 Å². The highest BCUT2D eigenvalue weighted by atomic mass is 79.9. The summed E-state index contributed by atoms with van der Waals surface area (Å²) in [7, 11) is 0. The first-order valence-corrected chi connectivity index (χ1v) is 9.19. The van der Waals surface area contributed by atoms with Gasteiger partial charge in [0.2, 0.25) is 0 Å². The van der Waals surface area contributed by atoms with Crippen LogP contribution in [0, 0.1) is 6.92 Å². The predicted molar refractivity (Wildman–Crippen MR) is 89.4 cm³/mol. The molecule has 1 aromatic rings. The largest absolute Gasteiger partial charge is 0.312 e. The smallest absolute Gasteiger partial charge is 0.0739 e. The van der Waals surface area contributed by atoms with Crippen LogP contribution in [0.4, 0.5) is 0 Å². The third-order valence-electron chi connectivity index (χ3n) is 5.03. The van der Waals surface area contributed by atoms with Crippen molar-refractivity contribution in [3.05, 3.63) is 15.9 Å². The van der Waals surface area contributed by atoms with Gasteiger partial charge in [0.05, 0.1) is 15.9 Å². The first-order chi connectivity index (χ1) is 10.2. The van der Waals surface area contributed by atoms with Crippen LogP contribution in [-0.2, 0) is 13.1 Å². The zero-order valence-corrected chi connectivity index (χ0v) is 14.8. The Bertz CT molecular complexity index is 479. The summed E-state index contributed by atoms with van der Waals surface area (Å²) >= 11 is 3.75. The van der Waals surface area contributed by atoms with Gasteiger partial charge in [-0.05, 0) is 68.6 Å². The molecule has 2 fully saturated rings. The van der Waals surface area contributed by atoms with E-state index in [1.165, 1.54) is 55.4 Å². The second kappa shape index (κ2) is 6.80. The minimum absolute atomic E-state index is 0.697. The number of hydrogen-bond acceptors (Lipinski definition) is 3. The number of rotatable bonds is 4. The van der Waals surface area contributed by atoms with Gasteiger partial charge in [-0.25, -0.2) is 0 Å². The summed E-state index contributed by atoms with van der Waals surface area (Å²) in [5.74, 6) is 0. The average Bonchev–Trinajstić information content (AvgIpc) is 3.12. The van der Waals surface area contributed by atoms with Crippen LogP contribution in [0.1, 0.15) is 50.4 Å². The first kappa shape index (κ1) is 15.5. The van der Waals surface area contributed by atoms with Crippen LogP contribution in [0.3, 0.4) is 0 Å². The quantitative estimate of drug-likeness (QED) is 0.901. The van der Waals surface area contributed by atoms with Gasteiger partial charge in [-0.3, -0.25) is 9.58 Å². The number of piperidine rings is 1. The highest BCUT2D eigenvalue weighted by Crippen LogP contribution is 2.29. The van der Waals surface area contributed by atoms with E-state index >= 15 is 0 Å². The van der Waals surface area contributed by atoms with E-state index in [1.54, 1.807) is 0 Å². The molecule has 0 spiro atoms. The van der Waals surface area contributed by atoms with E-state index in [0.717, 1.165) is 18.8 Å². The molecule has 0 bridgehead atoms. The monoisotopic (exact) mass is 354 g/mol. The third-order valence-corrected chi connectivity index (χ3v) is 6.06. The van der Waals surface area contributed by atoms with Crippen LogP contribution in [0.2, 0.25) is 0 Å². The SMILES string of the molecule is CCn1nc(C)c(Br)c1CN1CCCCC1C1CCCN1. The van der Waals surface area contributed by atoms with Gasteiger partial charge in [0.25, 0.3) is 0 Å². The second-order valence-corrected chi connectivity index (χ2v) is 7.19. The van der Waals surface area contributed by atoms with E-state index in [0.29, 0.717) is 12.1 Å². The van der Waals surface area contributed by atoms with E-state index in [1.807, 2.05) is 0 Å². The molecule has 2 aliphatic heterocycles. The maximum atomic E-state index is 4.64. The number of aryl methyl sites for hydroxylation is 2. The summed E-state index contributed by atoms with van der Waals surface area (Å²) in [6.07, 6.45) is 6.74. The topological polar surface area (TPSA) is 33.1 Å². The van der Waals surface area contributed by atoms with Gasteiger partial charge in [-0.15, -0.1) is 0 Å². The van der Waals surface area contributed by atoms with Crippen LogP contribution in [0.15, 0.2) is 4.47 Å². The minimum atomic E-state index is 0.697. The Balaban J connectivity index is 1.78. The molecular weight excluding hydrogens is 328 g/mol. The van der Waals surface area contributed by atoms with E-state index < -0.39 is 0 Å². The highest BCUT2D eigenvalue weighted by Gasteiger charge is 2.32. The van der Waals surface area contributed by atoms with E-state index in [9.17, 15) is 0 Å². The number of halogens is 1. The molecule has 1 N–H and O–H groups in total. The Kier molecular flexibility index (Phi) is 5.02. The molecule has 118 valence electrons. The van der Waals surface area contributed by atoms with Crippen LogP contribution in [0.5, 0.6) is 0 Å². The van der Waals surface area contributed by atoms with Crippen molar-refractivity contribution in [2.45, 2.75) is 71.1 Å². The number of nitrogens with one attached hydrogen (secondary N) is 1. The molecule has 3 rings (SSSR count). The molecular formula is C16H27BrN4. The average molecular weight is 355 g/mol. The number of hydrogen-bond donors (Lipinski definition) is 1. The highest BCUT2D eigenvalue weighted by molar-refractivity contribution is 9.10. The molecule has 0 saturated carbocycles.